The van der Waals surface area contributed by atoms with E-state index < -0.39 is 0 Å². The number of hydrogen-bond acceptors (Lipinski definition) is 0. The molecule has 1 aromatic carbocycles. The highest BCUT2D eigenvalue weighted by atomic mass is 35.5. The second-order valence-electron chi connectivity index (χ2n) is 3.74. The van der Waals surface area contributed by atoms with Crippen LogP contribution in [0.4, 0.5) is 4.39 Å². The van der Waals surface area contributed by atoms with Crippen molar-refractivity contribution < 1.29 is 4.39 Å². The van der Waals surface area contributed by atoms with E-state index in [9.17, 15) is 4.39 Å². The van der Waals surface area contributed by atoms with Crippen molar-refractivity contribution in [3.63, 3.8) is 0 Å². The molecule has 0 saturated carbocycles. The highest BCUT2D eigenvalue weighted by Crippen LogP contribution is 2.10. The van der Waals surface area contributed by atoms with Crippen molar-refractivity contribution in [1.29, 1.82) is 0 Å². The zero-order valence-electron chi connectivity index (χ0n) is 11.0. The molecule has 0 aromatic heterocycles. The van der Waals surface area contributed by atoms with Gasteiger partial charge in [-0.2, -0.15) is 0 Å². The Hall–Kier alpha value is -0.910. The topological polar surface area (TPSA) is 0 Å². The molecule has 0 heterocycles. The zero-order chi connectivity index (χ0) is 14.1. The molecule has 0 aliphatic heterocycles. The van der Waals surface area contributed by atoms with Crippen LogP contribution in [0.25, 0.3) is 0 Å². The van der Waals surface area contributed by atoms with E-state index in [1.54, 1.807) is 25.1 Å². The van der Waals surface area contributed by atoms with Crippen LogP contribution < -0.4 is 5.30 Å². The van der Waals surface area contributed by atoms with Crippen LogP contribution >= 0.6 is 20.8 Å². The quantitative estimate of drug-likeness (QED) is 0.535. The van der Waals surface area contributed by atoms with E-state index in [1.165, 1.54) is 6.07 Å². The molecule has 0 nitrogen and oxygen atoms in total. The van der Waals surface area contributed by atoms with Crippen LogP contribution in [0, 0.1) is 12.7 Å². The maximum Gasteiger partial charge on any atom is 0.126 e. The van der Waals surface area contributed by atoms with Gasteiger partial charge >= 0.3 is 0 Å². The summed E-state index contributed by atoms with van der Waals surface area (Å²) in [5.74, 6) is -0.138. The van der Waals surface area contributed by atoms with E-state index in [4.69, 9.17) is 11.6 Å². The van der Waals surface area contributed by atoms with Crippen LogP contribution in [0.5, 0.6) is 0 Å². The van der Waals surface area contributed by atoms with E-state index in [-0.39, 0.29) is 5.82 Å². The first-order valence-electron chi connectivity index (χ1n) is 5.55. The summed E-state index contributed by atoms with van der Waals surface area (Å²) in [5, 5.41) is 1.78. The normalized spacial score (nSPS) is 11.7. The van der Waals surface area contributed by atoms with Gasteiger partial charge in [-0.25, -0.2) is 4.39 Å². The van der Waals surface area contributed by atoms with Crippen molar-refractivity contribution in [3.8, 4) is 0 Å². The van der Waals surface area contributed by atoms with E-state index in [1.807, 2.05) is 26.0 Å². The number of benzene rings is 1. The fourth-order valence-electron chi connectivity index (χ4n) is 1.04. The first kappa shape index (κ1) is 17.1. The Balaban J connectivity index is 0.000000321. The van der Waals surface area contributed by atoms with Gasteiger partial charge in [-0.1, -0.05) is 36.4 Å². The number of aryl methyl sites for hydroxylation is 1. The third kappa shape index (κ3) is 6.74. The second kappa shape index (κ2) is 9.08. The monoisotopic (exact) mass is 284 g/mol. The molecule has 0 bridgehead atoms. The highest BCUT2D eigenvalue weighted by Gasteiger charge is 1.93. The molecule has 0 N–H and O–H groups in total. The third-order valence-electron chi connectivity index (χ3n) is 2.18. The molecule has 98 valence electrons. The lowest BCUT2D eigenvalue weighted by atomic mass is 10.2. The van der Waals surface area contributed by atoms with Crippen LogP contribution in [0.1, 0.15) is 19.4 Å². The molecular formula is C15H19ClFP. The SMILES string of the molecule is C=C/C(C)=C(Cl)\C=C/C.Cc1cc(P)ccc1F. The van der Waals surface area contributed by atoms with Crippen LogP contribution in [0.15, 0.2) is 53.6 Å². The van der Waals surface area contributed by atoms with Gasteiger partial charge < -0.3 is 0 Å². The Morgan fingerprint density at radius 1 is 1.44 bits per heavy atom. The molecule has 0 aliphatic rings. The summed E-state index contributed by atoms with van der Waals surface area (Å²) in [4.78, 5) is 0. The second-order valence-corrected chi connectivity index (χ2v) is 4.82. The van der Waals surface area contributed by atoms with Crippen molar-refractivity contribution >= 4 is 26.1 Å². The Kier molecular flexibility index (Phi) is 8.62. The fraction of sp³-hybridized carbons (Fsp3) is 0.200. The molecule has 1 aromatic rings. The first-order valence-corrected chi connectivity index (χ1v) is 6.51. The third-order valence-corrected chi connectivity index (χ3v) is 2.96. The number of halogens is 2. The van der Waals surface area contributed by atoms with Gasteiger partial charge in [-0.15, -0.1) is 9.24 Å². The maximum absolute atomic E-state index is 12.5. The summed E-state index contributed by atoms with van der Waals surface area (Å²) in [6, 6.07) is 4.99. The molecule has 0 fully saturated rings. The molecule has 1 atom stereocenters. The van der Waals surface area contributed by atoms with E-state index in [0.717, 1.165) is 15.9 Å². The van der Waals surface area contributed by atoms with E-state index in [0.29, 0.717) is 5.56 Å². The predicted molar refractivity (Wildman–Crippen MR) is 84.0 cm³/mol. The summed E-state index contributed by atoms with van der Waals surface area (Å²) >= 11 is 5.75. The Bertz CT molecular complexity index is 462. The van der Waals surface area contributed by atoms with Gasteiger partial charge in [0.1, 0.15) is 5.82 Å². The van der Waals surface area contributed by atoms with Crippen molar-refractivity contribution in [3.05, 3.63) is 65.0 Å². The van der Waals surface area contributed by atoms with Gasteiger partial charge in [-0.05, 0) is 55.4 Å². The van der Waals surface area contributed by atoms with Gasteiger partial charge in [-0.3, -0.25) is 0 Å². The summed E-state index contributed by atoms with van der Waals surface area (Å²) < 4.78 is 12.5. The molecule has 18 heavy (non-hydrogen) atoms. The van der Waals surface area contributed by atoms with Gasteiger partial charge in [0, 0.05) is 5.03 Å². The minimum absolute atomic E-state index is 0.138. The van der Waals surface area contributed by atoms with Gasteiger partial charge in [0.25, 0.3) is 0 Å². The van der Waals surface area contributed by atoms with Crippen LogP contribution in [-0.2, 0) is 0 Å². The summed E-state index contributed by atoms with van der Waals surface area (Å²) in [5.41, 5.74) is 1.71. The standard InChI is InChI=1S/C8H11Cl.C7H8FP/c1-4-6-8(9)7(3)5-2;1-5-4-6(9)2-3-7(5)8/h4-6H,2H2,1,3H3;2-4H,9H2,1H3/b6-4-,8-7+;. The largest absolute Gasteiger partial charge is 0.207 e. The number of allylic oxidation sites excluding steroid dienone is 5. The lowest BCUT2D eigenvalue weighted by molar-refractivity contribution is 0.619. The Morgan fingerprint density at radius 2 is 2.06 bits per heavy atom. The van der Waals surface area contributed by atoms with Crippen LogP contribution in [-0.4, -0.2) is 0 Å². The van der Waals surface area contributed by atoms with Crippen molar-refractivity contribution in [2.75, 3.05) is 0 Å². The van der Waals surface area contributed by atoms with E-state index >= 15 is 0 Å². The minimum atomic E-state index is -0.138. The molecule has 1 rings (SSSR count). The summed E-state index contributed by atoms with van der Waals surface area (Å²) in [6.45, 7) is 9.20. The summed E-state index contributed by atoms with van der Waals surface area (Å²) in [7, 11) is 2.52. The molecule has 3 heteroatoms. The first-order chi connectivity index (χ1) is 8.42. The minimum Gasteiger partial charge on any atom is -0.207 e. The smallest absolute Gasteiger partial charge is 0.126 e. The van der Waals surface area contributed by atoms with Crippen molar-refractivity contribution in [2.45, 2.75) is 20.8 Å². The van der Waals surface area contributed by atoms with Crippen LogP contribution in [0.2, 0.25) is 0 Å². The molecular weight excluding hydrogens is 266 g/mol. The molecule has 0 aliphatic carbocycles. The van der Waals surface area contributed by atoms with Gasteiger partial charge in [0.2, 0.25) is 0 Å². The Morgan fingerprint density at radius 3 is 2.44 bits per heavy atom. The molecule has 0 spiro atoms. The average Bonchev–Trinajstić information content (AvgIpc) is 2.34. The highest BCUT2D eigenvalue weighted by molar-refractivity contribution is 7.27. The molecule has 0 amide bonds. The van der Waals surface area contributed by atoms with Crippen molar-refractivity contribution in [2.24, 2.45) is 0 Å². The molecule has 0 radical (unpaired) electrons. The number of rotatable bonds is 2. The average molecular weight is 285 g/mol. The maximum atomic E-state index is 12.5. The lowest BCUT2D eigenvalue weighted by Crippen LogP contribution is -1.92. The molecule has 0 saturated heterocycles. The van der Waals surface area contributed by atoms with Crippen LogP contribution in [0.3, 0.4) is 0 Å². The Labute approximate surface area is 116 Å². The summed E-state index contributed by atoms with van der Waals surface area (Å²) in [6.07, 6.45) is 5.48. The lowest BCUT2D eigenvalue weighted by Gasteiger charge is -1.94. The van der Waals surface area contributed by atoms with Crippen molar-refractivity contribution in [1.82, 2.24) is 0 Å². The fourth-order valence-corrected chi connectivity index (χ4v) is 1.59. The van der Waals surface area contributed by atoms with Gasteiger partial charge in [0.05, 0.1) is 0 Å². The molecule has 1 unspecified atom stereocenters. The van der Waals surface area contributed by atoms with Gasteiger partial charge in [0.15, 0.2) is 0 Å². The predicted octanol–water partition coefficient (Wildman–Crippen LogP) is 4.90. The number of hydrogen-bond donors (Lipinski definition) is 0. The zero-order valence-corrected chi connectivity index (χ0v) is 12.9. The van der Waals surface area contributed by atoms with E-state index in [2.05, 4.69) is 15.8 Å².